The molecular weight excluding hydrogens is 596 g/mol. The van der Waals surface area contributed by atoms with E-state index < -0.39 is 36.3 Å². The summed E-state index contributed by atoms with van der Waals surface area (Å²) in [5.41, 5.74) is 0.416. The van der Waals surface area contributed by atoms with Crippen molar-refractivity contribution in [2.24, 2.45) is 4.99 Å². The molecule has 40 heavy (non-hydrogen) atoms. The van der Waals surface area contributed by atoms with Crippen molar-refractivity contribution in [1.29, 1.82) is 0 Å². The first kappa shape index (κ1) is 28.8. The van der Waals surface area contributed by atoms with Crippen LogP contribution >= 0.6 is 15.9 Å². The quantitative estimate of drug-likeness (QED) is 0.212. The third kappa shape index (κ3) is 5.82. The Bertz CT molecular complexity index is 1430. The van der Waals surface area contributed by atoms with E-state index >= 15 is 0 Å². The average Bonchev–Trinajstić information content (AvgIpc) is 3.42. The van der Waals surface area contributed by atoms with E-state index in [9.17, 15) is 22.0 Å². The fourth-order valence-corrected chi connectivity index (χ4v) is 5.54. The van der Waals surface area contributed by atoms with Gasteiger partial charge in [-0.25, -0.2) is 8.78 Å². The lowest BCUT2D eigenvalue weighted by Gasteiger charge is -2.37. The summed E-state index contributed by atoms with van der Waals surface area (Å²) in [6.07, 6.45) is -3.64. The van der Waals surface area contributed by atoms with Gasteiger partial charge < -0.3 is 14.0 Å². The summed E-state index contributed by atoms with van der Waals surface area (Å²) in [7, 11) is -0.761. The highest BCUT2D eigenvalue weighted by molar-refractivity contribution is 9.10. The highest BCUT2D eigenvalue weighted by Crippen LogP contribution is 2.42. The number of benzene rings is 3. The zero-order chi connectivity index (χ0) is 28.9. The first-order chi connectivity index (χ1) is 18.7. The van der Waals surface area contributed by atoms with Gasteiger partial charge in [-0.3, -0.25) is 4.99 Å². The van der Waals surface area contributed by atoms with Crippen LogP contribution in [-0.4, -0.2) is 30.4 Å². The second-order valence-corrected chi connectivity index (χ2v) is 11.6. The van der Waals surface area contributed by atoms with Gasteiger partial charge in [-0.2, -0.15) is 0 Å². The number of hydrogen-bond acceptors (Lipinski definition) is 4. The first-order valence-corrected chi connectivity index (χ1v) is 13.5. The summed E-state index contributed by atoms with van der Waals surface area (Å²) in [5.74, 6) is -1.55. The normalized spacial score (nSPS) is 22.5. The van der Waals surface area contributed by atoms with Crippen molar-refractivity contribution in [2.75, 3.05) is 0 Å². The van der Waals surface area contributed by atoms with Gasteiger partial charge in [0.05, 0.1) is 22.8 Å². The van der Waals surface area contributed by atoms with E-state index in [-0.39, 0.29) is 23.8 Å². The van der Waals surface area contributed by atoms with E-state index in [2.05, 4.69) is 25.7 Å². The fourth-order valence-electron chi connectivity index (χ4n) is 5.13. The zero-order valence-electron chi connectivity index (χ0n) is 22.0. The summed E-state index contributed by atoms with van der Waals surface area (Å²) in [4.78, 5) is 4.59. The number of nitrogens with zero attached hydrogens (tertiary/aromatic N) is 1. The molecule has 4 nitrogen and oxygen atoms in total. The minimum Gasteiger partial charge on any atom is -0.405 e. The molecule has 0 spiro atoms. The number of halogens is 6. The van der Waals surface area contributed by atoms with Crippen molar-refractivity contribution in [3.63, 3.8) is 0 Å². The van der Waals surface area contributed by atoms with Crippen LogP contribution in [0.4, 0.5) is 22.0 Å². The van der Waals surface area contributed by atoms with E-state index in [1.807, 2.05) is 38.1 Å². The molecule has 1 saturated heterocycles. The highest BCUT2D eigenvalue weighted by atomic mass is 79.9. The topological polar surface area (TPSA) is 40.0 Å². The van der Waals surface area contributed by atoms with Gasteiger partial charge >= 0.3 is 13.5 Å². The van der Waals surface area contributed by atoms with Crippen molar-refractivity contribution in [2.45, 2.75) is 63.6 Å². The molecule has 2 atom stereocenters. The maximum absolute atomic E-state index is 14.2. The van der Waals surface area contributed by atoms with Crippen molar-refractivity contribution in [3.8, 4) is 5.75 Å². The van der Waals surface area contributed by atoms with Crippen molar-refractivity contribution >= 4 is 34.2 Å². The summed E-state index contributed by atoms with van der Waals surface area (Å²) < 4.78 is 85.0. The molecule has 0 bridgehead atoms. The third-order valence-corrected chi connectivity index (χ3v) is 8.12. The smallest absolute Gasteiger partial charge is 0.405 e. The Morgan fingerprint density at radius 3 is 2.33 bits per heavy atom. The van der Waals surface area contributed by atoms with Gasteiger partial charge in [0.2, 0.25) is 0 Å². The first-order valence-electron chi connectivity index (χ1n) is 12.8. The number of ether oxygens (including phenoxy) is 1. The van der Waals surface area contributed by atoms with E-state index in [1.54, 1.807) is 13.0 Å². The Kier molecular flexibility index (Phi) is 7.61. The molecule has 0 radical (unpaired) electrons. The molecule has 0 saturated carbocycles. The molecule has 3 aromatic carbocycles. The van der Waals surface area contributed by atoms with Crippen LogP contribution in [0.25, 0.3) is 0 Å². The molecular formula is C29H26BBrF5NO3. The maximum Gasteiger partial charge on any atom is 0.573 e. The van der Waals surface area contributed by atoms with Crippen molar-refractivity contribution in [1.82, 2.24) is 0 Å². The van der Waals surface area contributed by atoms with Crippen LogP contribution in [-0.2, 0) is 15.7 Å². The third-order valence-electron chi connectivity index (χ3n) is 7.63. The number of rotatable bonds is 6. The second kappa shape index (κ2) is 10.6. The molecule has 2 aliphatic heterocycles. The second-order valence-electron chi connectivity index (χ2n) is 10.7. The van der Waals surface area contributed by atoms with Gasteiger partial charge in [0.25, 0.3) is 0 Å². The number of alkyl halides is 3. The number of hydrogen-bond donors (Lipinski definition) is 0. The highest BCUT2D eigenvalue weighted by Gasteiger charge is 2.55. The molecule has 1 fully saturated rings. The van der Waals surface area contributed by atoms with Crippen molar-refractivity contribution in [3.05, 3.63) is 93.5 Å². The lowest BCUT2D eigenvalue weighted by atomic mass is 9.78. The lowest BCUT2D eigenvalue weighted by Crippen LogP contribution is -2.46. The van der Waals surface area contributed by atoms with Crippen LogP contribution in [0.15, 0.2) is 70.1 Å². The van der Waals surface area contributed by atoms with Gasteiger partial charge in [0.15, 0.2) is 0 Å². The van der Waals surface area contributed by atoms with Gasteiger partial charge in [0.1, 0.15) is 17.4 Å². The van der Waals surface area contributed by atoms with Crippen LogP contribution in [0.5, 0.6) is 5.75 Å². The Hall–Kier alpha value is -2.76. The van der Waals surface area contributed by atoms with E-state index in [4.69, 9.17) is 9.31 Å². The van der Waals surface area contributed by atoms with E-state index in [1.165, 1.54) is 30.3 Å². The molecule has 2 heterocycles. The van der Waals surface area contributed by atoms with Crippen molar-refractivity contribution < 1.29 is 36.0 Å². The predicted molar refractivity (Wildman–Crippen MR) is 146 cm³/mol. The SMILES string of the molecule is CC1(C)OB(c2ccc([C@H]3CCC(c4c(F)cccc4F)=N3)cc2)OC1(C)Cc1cc(Br)ccc1OC(F)(F)F. The summed E-state index contributed by atoms with van der Waals surface area (Å²) >= 11 is 3.32. The summed E-state index contributed by atoms with van der Waals surface area (Å²) in [5, 5.41) is 0. The Morgan fingerprint density at radius 1 is 1.00 bits per heavy atom. The Balaban J connectivity index is 1.34. The summed E-state index contributed by atoms with van der Waals surface area (Å²) in [6.45, 7) is 5.47. The molecule has 0 aliphatic carbocycles. The van der Waals surface area contributed by atoms with Gasteiger partial charge in [-0.1, -0.05) is 46.3 Å². The van der Waals surface area contributed by atoms with Crippen LogP contribution in [0.2, 0.25) is 0 Å². The Labute approximate surface area is 237 Å². The zero-order valence-corrected chi connectivity index (χ0v) is 23.6. The van der Waals surface area contributed by atoms with Gasteiger partial charge in [0, 0.05) is 16.6 Å². The predicted octanol–water partition coefficient (Wildman–Crippen LogP) is 7.47. The average molecular weight is 622 g/mol. The van der Waals surface area contributed by atoms with Crippen LogP contribution in [0, 0.1) is 11.6 Å². The number of aliphatic imine (C=N–C) groups is 1. The van der Waals surface area contributed by atoms with Crippen LogP contribution in [0.3, 0.4) is 0 Å². The minimum atomic E-state index is -4.83. The van der Waals surface area contributed by atoms with E-state index in [0.29, 0.717) is 28.6 Å². The standard InChI is InChI=1S/C29H26BBrF5NO3/c1-27(2)28(3,16-18-15-20(31)11-14-25(18)38-29(34,35)36)40-30(39-27)19-9-7-17(8-10-19)23-12-13-24(37-23)26-21(32)5-4-6-22(26)33/h4-11,14-15,23H,12-13,16H2,1-3H3/t23-,28?/m1/s1. The minimum absolute atomic E-state index is 0.0786. The molecule has 3 aromatic rings. The van der Waals surface area contributed by atoms with Gasteiger partial charge in [-0.05, 0) is 80.5 Å². The molecule has 0 N–H and O–H groups in total. The molecule has 1 unspecified atom stereocenters. The molecule has 210 valence electrons. The molecule has 0 aromatic heterocycles. The molecule has 0 amide bonds. The Morgan fingerprint density at radius 2 is 1.68 bits per heavy atom. The monoisotopic (exact) mass is 621 g/mol. The lowest BCUT2D eigenvalue weighted by molar-refractivity contribution is -0.275. The fraction of sp³-hybridized carbons (Fsp3) is 0.345. The molecule has 2 aliphatic rings. The maximum atomic E-state index is 14.2. The largest absolute Gasteiger partial charge is 0.573 e. The van der Waals surface area contributed by atoms with Gasteiger partial charge in [-0.15, -0.1) is 13.2 Å². The van der Waals surface area contributed by atoms with Crippen LogP contribution in [0.1, 0.15) is 56.3 Å². The van der Waals surface area contributed by atoms with Crippen LogP contribution < -0.4 is 10.2 Å². The molecule has 11 heteroatoms. The summed E-state index contributed by atoms with van der Waals surface area (Å²) in [6, 6.07) is 15.3. The molecule has 5 rings (SSSR count). The van der Waals surface area contributed by atoms with E-state index in [0.717, 1.165) is 11.0 Å².